The van der Waals surface area contributed by atoms with Crippen LogP contribution in [-0.2, 0) is 22.7 Å². The van der Waals surface area contributed by atoms with E-state index in [9.17, 15) is 14.7 Å². The second-order valence-corrected chi connectivity index (χ2v) is 11.1. The van der Waals surface area contributed by atoms with Gasteiger partial charge in [-0.05, 0) is 84.7 Å². The molecule has 0 unspecified atom stereocenters. The molecule has 0 aromatic heterocycles. The molecule has 2 N–H and O–H groups in total. The van der Waals surface area contributed by atoms with Gasteiger partial charge in [-0.15, -0.1) is 0 Å². The second kappa shape index (κ2) is 14.3. The first-order valence-electron chi connectivity index (χ1n) is 13.5. The number of aryl methyl sites for hydroxylation is 1. The molecule has 7 heteroatoms. The van der Waals surface area contributed by atoms with Gasteiger partial charge in [-0.2, -0.15) is 11.8 Å². The van der Waals surface area contributed by atoms with Gasteiger partial charge >= 0.3 is 5.97 Å². The molecule has 39 heavy (non-hydrogen) atoms. The number of carbonyl (C=O) groups excluding carboxylic acids is 1. The SMILES string of the molecule is CSCC[C@H](NC(=O)c1ccc(CN2CCC[C@@H]2COCc2ccccc2)cc1-c1ccccc1C)C(=O)O. The van der Waals surface area contributed by atoms with E-state index < -0.39 is 12.0 Å². The first-order valence-corrected chi connectivity index (χ1v) is 14.9. The van der Waals surface area contributed by atoms with Crippen LogP contribution in [0.1, 0.15) is 46.3 Å². The lowest BCUT2D eigenvalue weighted by molar-refractivity contribution is -0.139. The number of ether oxygens (including phenoxy) is 1. The molecular formula is C32H38N2O4S. The summed E-state index contributed by atoms with van der Waals surface area (Å²) >= 11 is 1.56. The van der Waals surface area contributed by atoms with E-state index in [1.807, 2.05) is 67.8 Å². The number of aliphatic carboxylic acids is 1. The number of rotatable bonds is 13. The van der Waals surface area contributed by atoms with Gasteiger partial charge in [-0.25, -0.2) is 4.79 Å². The van der Waals surface area contributed by atoms with Crippen molar-refractivity contribution in [3.63, 3.8) is 0 Å². The van der Waals surface area contributed by atoms with E-state index in [-0.39, 0.29) is 5.91 Å². The molecule has 0 saturated carbocycles. The summed E-state index contributed by atoms with van der Waals surface area (Å²) in [5.41, 5.74) is 5.66. The van der Waals surface area contributed by atoms with Crippen LogP contribution < -0.4 is 5.32 Å². The zero-order valence-electron chi connectivity index (χ0n) is 22.8. The summed E-state index contributed by atoms with van der Waals surface area (Å²) < 4.78 is 6.07. The third kappa shape index (κ3) is 7.94. The maximum Gasteiger partial charge on any atom is 0.326 e. The number of hydrogen-bond donors (Lipinski definition) is 2. The lowest BCUT2D eigenvalue weighted by atomic mass is 9.93. The van der Waals surface area contributed by atoms with Crippen molar-refractivity contribution in [2.24, 2.45) is 0 Å². The van der Waals surface area contributed by atoms with Crippen molar-refractivity contribution in [3.05, 3.63) is 95.1 Å². The Balaban J connectivity index is 1.52. The number of carboxylic acid groups (broad SMARTS) is 1. The van der Waals surface area contributed by atoms with E-state index in [0.29, 0.717) is 37.0 Å². The summed E-state index contributed by atoms with van der Waals surface area (Å²) in [5, 5.41) is 12.4. The van der Waals surface area contributed by atoms with Crippen LogP contribution in [0.25, 0.3) is 11.1 Å². The van der Waals surface area contributed by atoms with Crippen LogP contribution in [0.3, 0.4) is 0 Å². The van der Waals surface area contributed by atoms with Crippen LogP contribution in [0.2, 0.25) is 0 Å². The van der Waals surface area contributed by atoms with E-state index in [1.54, 1.807) is 11.8 Å². The van der Waals surface area contributed by atoms with Crippen molar-refractivity contribution in [1.82, 2.24) is 10.2 Å². The summed E-state index contributed by atoms with van der Waals surface area (Å²) in [6.07, 6.45) is 4.54. The minimum atomic E-state index is -1.01. The number of carbonyl (C=O) groups is 2. The molecule has 2 atom stereocenters. The molecule has 3 aromatic rings. The average molecular weight is 547 g/mol. The number of amides is 1. The van der Waals surface area contributed by atoms with Crippen molar-refractivity contribution < 1.29 is 19.4 Å². The van der Waals surface area contributed by atoms with Gasteiger partial charge in [0.15, 0.2) is 0 Å². The maximum atomic E-state index is 13.4. The fraction of sp³-hybridized carbons (Fsp3) is 0.375. The molecule has 0 bridgehead atoms. The first-order chi connectivity index (χ1) is 19.0. The van der Waals surface area contributed by atoms with Crippen molar-refractivity contribution in [3.8, 4) is 11.1 Å². The molecule has 1 heterocycles. The van der Waals surface area contributed by atoms with Gasteiger partial charge in [0.2, 0.25) is 0 Å². The fourth-order valence-corrected chi connectivity index (χ4v) is 5.60. The average Bonchev–Trinajstić information content (AvgIpc) is 3.38. The number of thioether (sulfide) groups is 1. The van der Waals surface area contributed by atoms with E-state index in [2.05, 4.69) is 28.4 Å². The van der Waals surface area contributed by atoms with Crippen molar-refractivity contribution in [2.45, 2.75) is 51.4 Å². The third-order valence-electron chi connectivity index (χ3n) is 7.28. The zero-order valence-corrected chi connectivity index (χ0v) is 23.6. The molecule has 1 amide bonds. The predicted molar refractivity (Wildman–Crippen MR) is 158 cm³/mol. The van der Waals surface area contributed by atoms with E-state index >= 15 is 0 Å². The lowest BCUT2D eigenvalue weighted by Crippen LogP contribution is -2.41. The van der Waals surface area contributed by atoms with Gasteiger partial charge < -0.3 is 15.2 Å². The molecule has 1 fully saturated rings. The van der Waals surface area contributed by atoms with Crippen LogP contribution >= 0.6 is 11.8 Å². The number of likely N-dealkylation sites (tertiary alicyclic amines) is 1. The smallest absolute Gasteiger partial charge is 0.326 e. The number of nitrogens with zero attached hydrogens (tertiary/aromatic N) is 1. The van der Waals surface area contributed by atoms with Crippen molar-refractivity contribution in [1.29, 1.82) is 0 Å². The van der Waals surface area contributed by atoms with Crippen LogP contribution in [0, 0.1) is 6.92 Å². The Morgan fingerprint density at radius 3 is 2.56 bits per heavy atom. The highest BCUT2D eigenvalue weighted by atomic mass is 32.2. The Kier molecular flexibility index (Phi) is 10.6. The largest absolute Gasteiger partial charge is 0.480 e. The number of hydrogen-bond acceptors (Lipinski definition) is 5. The highest BCUT2D eigenvalue weighted by molar-refractivity contribution is 7.98. The quantitative estimate of drug-likeness (QED) is 0.283. The second-order valence-electron chi connectivity index (χ2n) is 10.1. The first kappa shape index (κ1) is 28.9. The normalized spacial score (nSPS) is 16.2. The van der Waals surface area contributed by atoms with Gasteiger partial charge in [0.05, 0.1) is 13.2 Å². The van der Waals surface area contributed by atoms with E-state index in [0.717, 1.165) is 48.2 Å². The summed E-state index contributed by atoms with van der Waals surface area (Å²) in [6, 6.07) is 23.6. The molecule has 1 saturated heterocycles. The standard InChI is InChI=1S/C32H38N2O4S/c1-23-9-6-7-13-27(23)29-19-25(14-15-28(29)31(35)33-30(32(36)37)16-18-39-2)20-34-17-8-12-26(34)22-38-21-24-10-4-3-5-11-24/h3-7,9-11,13-15,19,26,30H,8,12,16-18,20-22H2,1-2H3,(H,33,35)(H,36,37)/t26-,30+/m1/s1. The molecule has 0 spiro atoms. The van der Waals surface area contributed by atoms with Gasteiger partial charge in [0.25, 0.3) is 5.91 Å². The zero-order chi connectivity index (χ0) is 27.6. The predicted octanol–water partition coefficient (Wildman–Crippen LogP) is 5.78. The summed E-state index contributed by atoms with van der Waals surface area (Å²) in [5.74, 6) is -0.713. The molecular weight excluding hydrogens is 508 g/mol. The molecule has 6 nitrogen and oxygen atoms in total. The van der Waals surface area contributed by atoms with Crippen molar-refractivity contribution >= 4 is 23.6 Å². The Labute approximate surface area is 235 Å². The number of carboxylic acids is 1. The van der Waals surface area contributed by atoms with Crippen LogP contribution in [0.15, 0.2) is 72.8 Å². The Morgan fingerprint density at radius 1 is 1.05 bits per heavy atom. The summed E-state index contributed by atoms with van der Waals surface area (Å²) in [6.45, 7) is 5.11. The third-order valence-corrected chi connectivity index (χ3v) is 7.93. The summed E-state index contributed by atoms with van der Waals surface area (Å²) in [4.78, 5) is 27.6. The minimum Gasteiger partial charge on any atom is -0.480 e. The Bertz CT molecular complexity index is 1250. The van der Waals surface area contributed by atoms with Gasteiger partial charge in [-0.3, -0.25) is 9.69 Å². The Hall–Kier alpha value is -3.13. The lowest BCUT2D eigenvalue weighted by Gasteiger charge is -2.25. The summed E-state index contributed by atoms with van der Waals surface area (Å²) in [7, 11) is 0. The molecule has 4 rings (SSSR count). The van der Waals surface area contributed by atoms with Crippen LogP contribution in [0.4, 0.5) is 0 Å². The van der Waals surface area contributed by atoms with Gasteiger partial charge in [-0.1, -0.05) is 60.7 Å². The molecule has 0 radical (unpaired) electrons. The molecule has 1 aliphatic rings. The topological polar surface area (TPSA) is 78.9 Å². The highest BCUT2D eigenvalue weighted by Gasteiger charge is 2.26. The number of nitrogens with one attached hydrogen (secondary N) is 1. The Morgan fingerprint density at radius 2 is 1.82 bits per heavy atom. The minimum absolute atomic E-state index is 0.353. The van der Waals surface area contributed by atoms with Gasteiger partial charge in [0, 0.05) is 18.2 Å². The van der Waals surface area contributed by atoms with E-state index in [1.165, 1.54) is 5.56 Å². The van der Waals surface area contributed by atoms with Crippen LogP contribution in [-0.4, -0.2) is 59.1 Å². The van der Waals surface area contributed by atoms with Gasteiger partial charge in [0.1, 0.15) is 6.04 Å². The highest BCUT2D eigenvalue weighted by Crippen LogP contribution is 2.30. The molecule has 3 aromatic carbocycles. The number of benzene rings is 3. The van der Waals surface area contributed by atoms with Crippen LogP contribution in [0.5, 0.6) is 0 Å². The molecule has 206 valence electrons. The van der Waals surface area contributed by atoms with E-state index in [4.69, 9.17) is 4.74 Å². The fourth-order valence-electron chi connectivity index (χ4n) is 5.13. The monoisotopic (exact) mass is 546 g/mol. The maximum absolute atomic E-state index is 13.4. The van der Waals surface area contributed by atoms with Crippen molar-refractivity contribution in [2.75, 3.05) is 25.2 Å². The molecule has 0 aliphatic carbocycles. The molecule has 1 aliphatic heterocycles.